The fourth-order valence-electron chi connectivity index (χ4n) is 2.14. The summed E-state index contributed by atoms with van der Waals surface area (Å²) in [7, 11) is 8.22. The van der Waals surface area contributed by atoms with Gasteiger partial charge in [0.25, 0.3) is 0 Å². The van der Waals surface area contributed by atoms with Gasteiger partial charge in [0, 0.05) is 34.6 Å². The fourth-order valence-corrected chi connectivity index (χ4v) is 2.49. The molecule has 2 rings (SSSR count). The third-order valence-electron chi connectivity index (χ3n) is 3.97. The molecule has 2 heterocycles. The van der Waals surface area contributed by atoms with Gasteiger partial charge in [0.15, 0.2) is 5.78 Å². The number of carbonyl (C=O) groups is 5. The summed E-state index contributed by atoms with van der Waals surface area (Å²) in [5.41, 5.74) is 0. The van der Waals surface area contributed by atoms with Crippen molar-refractivity contribution in [3.8, 4) is 0 Å². The maximum Gasteiger partial charge on any atom is 0.335 e. The molecule has 3 unspecified atom stereocenters. The molecule has 29 heavy (non-hydrogen) atoms. The molecule has 0 aromatic rings. The first-order valence-corrected chi connectivity index (χ1v) is 10.8. The van der Waals surface area contributed by atoms with Gasteiger partial charge in [0.1, 0.15) is 17.5 Å². The van der Waals surface area contributed by atoms with Crippen LogP contribution in [0.15, 0.2) is 0 Å². The summed E-state index contributed by atoms with van der Waals surface area (Å²) in [6.07, 6.45) is 2.64. The summed E-state index contributed by atoms with van der Waals surface area (Å²) in [6, 6.07) is 0. The highest BCUT2D eigenvalue weighted by Crippen LogP contribution is 2.28. The number of carbonyl (C=O) groups excluding carboxylic acids is 5. The van der Waals surface area contributed by atoms with E-state index in [0.29, 0.717) is 19.4 Å². The van der Waals surface area contributed by atoms with Gasteiger partial charge in [-0.05, 0) is 27.2 Å². The van der Waals surface area contributed by atoms with Crippen LogP contribution in [0, 0.1) is 5.92 Å². The Kier molecular flexibility index (Phi) is 16.6. The third kappa shape index (κ3) is 11.2. The molecule has 0 saturated carbocycles. The first kappa shape index (κ1) is 30.3. The molecule has 0 aromatic carbocycles. The number of cyclic esters (lactones) is 2. The van der Waals surface area contributed by atoms with E-state index in [1.807, 2.05) is 6.92 Å². The van der Waals surface area contributed by atoms with E-state index in [2.05, 4.69) is 31.2 Å². The highest BCUT2D eigenvalue weighted by atomic mass is 36.5. The van der Waals surface area contributed by atoms with E-state index in [-0.39, 0.29) is 35.3 Å². The second-order valence-corrected chi connectivity index (χ2v) is 7.40. The van der Waals surface area contributed by atoms with E-state index in [1.165, 1.54) is 20.8 Å². The number of Topliss-reactive ketones (excluding diaryl/α,β-unsaturated/α-hetero) is 3. The van der Waals surface area contributed by atoms with Crippen LogP contribution in [0.5, 0.6) is 0 Å². The summed E-state index contributed by atoms with van der Waals surface area (Å²) in [4.78, 5) is 51.7. The normalized spacial score (nSPS) is 23.0. The van der Waals surface area contributed by atoms with Crippen molar-refractivity contribution in [2.45, 2.75) is 63.6 Å². The minimum absolute atomic E-state index is 0.0773. The first-order chi connectivity index (χ1) is 13.5. The van der Waals surface area contributed by atoms with Gasteiger partial charge < -0.3 is 9.47 Å². The highest BCUT2D eigenvalue weighted by molar-refractivity contribution is 6.85. The van der Waals surface area contributed by atoms with Crippen molar-refractivity contribution in [1.29, 1.82) is 0 Å². The Morgan fingerprint density at radius 2 is 1.66 bits per heavy atom. The zero-order chi connectivity index (χ0) is 23.2. The van der Waals surface area contributed by atoms with Gasteiger partial charge >= 0.3 is 11.9 Å². The number of ketones is 3. The van der Waals surface area contributed by atoms with Crippen molar-refractivity contribution in [1.82, 2.24) is 0 Å². The Balaban J connectivity index is 0. The Hall–Kier alpha value is -0.890. The molecule has 11 heteroatoms. The maximum atomic E-state index is 10.8. The van der Waals surface area contributed by atoms with Gasteiger partial charge in [-0.15, -0.1) is 11.6 Å². The second kappa shape index (κ2) is 15.9. The zero-order valence-corrected chi connectivity index (χ0v) is 19.8. The lowest BCUT2D eigenvalue weighted by Crippen LogP contribution is -2.35. The Bertz CT molecular complexity index is 583. The monoisotopic (exact) mass is 494 g/mol. The molecule has 0 aromatic heterocycles. The van der Waals surface area contributed by atoms with Gasteiger partial charge in [-0.1, -0.05) is 24.9 Å². The predicted octanol–water partition coefficient (Wildman–Crippen LogP) is 4.00. The molecule has 168 valence electrons. The van der Waals surface area contributed by atoms with Crippen LogP contribution in [0.4, 0.5) is 0 Å². The van der Waals surface area contributed by atoms with Crippen molar-refractivity contribution in [3.05, 3.63) is 0 Å². The lowest BCUT2D eigenvalue weighted by Gasteiger charge is -2.09. The average molecular weight is 496 g/mol. The minimum Gasteiger partial charge on any atom is -0.465 e. The van der Waals surface area contributed by atoms with Crippen LogP contribution >= 0.6 is 44.9 Å². The molecule has 0 N–H and O–H groups in total. The Labute approximate surface area is 190 Å². The summed E-state index contributed by atoms with van der Waals surface area (Å²) in [5.74, 6) is -1.78. The Morgan fingerprint density at radius 1 is 1.10 bits per heavy atom. The van der Waals surface area contributed by atoms with Crippen molar-refractivity contribution in [3.63, 3.8) is 0 Å². The average Bonchev–Trinajstić information content (AvgIpc) is 3.24. The van der Waals surface area contributed by atoms with E-state index in [0.717, 1.165) is 12.8 Å². The molecule has 2 fully saturated rings. The molecule has 2 saturated heterocycles. The van der Waals surface area contributed by atoms with E-state index in [4.69, 9.17) is 23.2 Å². The van der Waals surface area contributed by atoms with E-state index in [9.17, 15) is 24.0 Å². The summed E-state index contributed by atoms with van der Waals surface area (Å²) in [6.45, 7) is 6.90. The molecule has 2 aliphatic rings. The van der Waals surface area contributed by atoms with Crippen LogP contribution in [-0.2, 0) is 33.4 Å². The number of hydrogen-bond acceptors (Lipinski definition) is 7. The molecular formula is C18H26Cl4O7. The Morgan fingerprint density at radius 3 is 1.83 bits per heavy atom. The third-order valence-corrected chi connectivity index (χ3v) is 5.11. The van der Waals surface area contributed by atoms with Crippen LogP contribution in [0.1, 0.15) is 53.4 Å². The number of alkyl halides is 2. The lowest BCUT2D eigenvalue weighted by molar-refractivity contribution is -0.145. The van der Waals surface area contributed by atoms with Crippen molar-refractivity contribution in [2.75, 3.05) is 13.2 Å². The van der Waals surface area contributed by atoms with Crippen LogP contribution < -0.4 is 0 Å². The van der Waals surface area contributed by atoms with Crippen molar-refractivity contribution < 1.29 is 33.4 Å². The topological polar surface area (TPSA) is 104 Å². The van der Waals surface area contributed by atoms with Gasteiger partial charge in [0.05, 0.1) is 18.6 Å². The SMILES string of the molecule is CC(=O)C1(Cl)CCOC1=O.CC(=O)C1CCOC1=O.CCCC(Cl)C(C)=O.ClCl. The fraction of sp³-hybridized carbons (Fsp3) is 0.722. The summed E-state index contributed by atoms with van der Waals surface area (Å²) >= 11 is 11.2. The van der Waals surface area contributed by atoms with Crippen molar-refractivity contribution >= 4 is 74.2 Å². The largest absolute Gasteiger partial charge is 0.465 e. The number of hydrogen-bond donors (Lipinski definition) is 0. The lowest BCUT2D eigenvalue weighted by atomic mass is 10.0. The quantitative estimate of drug-likeness (QED) is 0.322. The number of rotatable bonds is 5. The molecular weight excluding hydrogens is 470 g/mol. The first-order valence-electron chi connectivity index (χ1n) is 8.80. The molecule has 7 nitrogen and oxygen atoms in total. The van der Waals surface area contributed by atoms with Crippen LogP contribution in [0.3, 0.4) is 0 Å². The number of halogens is 4. The summed E-state index contributed by atoms with van der Waals surface area (Å²) < 4.78 is 9.11. The molecule has 3 atom stereocenters. The molecule has 0 amide bonds. The van der Waals surface area contributed by atoms with E-state index >= 15 is 0 Å². The standard InChI is InChI=1S/C6H7ClO3.C6H11ClO.C6H8O3.Cl2/c1-4(8)6(7)2-3-10-5(6)9;1-3-4-6(7)5(2)8;1-4(7)5-2-3-9-6(5)8;1-2/h2-3H2,1H3;6H,3-4H2,1-2H3;5H,2-3H2,1H3;. The predicted molar refractivity (Wildman–Crippen MR) is 112 cm³/mol. The zero-order valence-electron chi connectivity index (χ0n) is 16.8. The van der Waals surface area contributed by atoms with Gasteiger partial charge in [-0.25, -0.2) is 4.79 Å². The van der Waals surface area contributed by atoms with Gasteiger partial charge in [-0.2, -0.15) is 0 Å². The van der Waals surface area contributed by atoms with Gasteiger partial charge in [0.2, 0.25) is 4.87 Å². The van der Waals surface area contributed by atoms with Crippen LogP contribution in [-0.4, -0.2) is 52.8 Å². The smallest absolute Gasteiger partial charge is 0.335 e. The molecule has 2 aliphatic heterocycles. The van der Waals surface area contributed by atoms with Crippen LogP contribution in [0.2, 0.25) is 0 Å². The molecule has 0 aliphatic carbocycles. The molecule has 0 bridgehead atoms. The number of ether oxygens (including phenoxy) is 2. The van der Waals surface area contributed by atoms with Crippen LogP contribution in [0.25, 0.3) is 0 Å². The molecule has 0 spiro atoms. The number of esters is 2. The minimum atomic E-state index is -1.38. The van der Waals surface area contributed by atoms with E-state index < -0.39 is 16.8 Å². The molecule has 0 radical (unpaired) electrons. The summed E-state index contributed by atoms with van der Waals surface area (Å²) in [5, 5.41) is -0.250. The second-order valence-electron chi connectivity index (χ2n) is 6.23. The highest BCUT2D eigenvalue weighted by Gasteiger charge is 2.47. The van der Waals surface area contributed by atoms with Gasteiger partial charge in [-0.3, -0.25) is 19.2 Å². The maximum absolute atomic E-state index is 10.8. The van der Waals surface area contributed by atoms with Crippen molar-refractivity contribution in [2.24, 2.45) is 5.92 Å². The van der Waals surface area contributed by atoms with E-state index in [1.54, 1.807) is 0 Å².